The maximum atomic E-state index is 5.30. The van der Waals surface area contributed by atoms with E-state index < -0.39 is 0 Å². The molecular formula is C19H21N3OS. The molecule has 0 atom stereocenters. The van der Waals surface area contributed by atoms with Gasteiger partial charge in [0.25, 0.3) is 0 Å². The zero-order valence-electron chi connectivity index (χ0n) is 13.7. The number of thiocarbonyl (C=S) groups is 1. The van der Waals surface area contributed by atoms with Crippen molar-refractivity contribution in [1.82, 2.24) is 10.7 Å². The van der Waals surface area contributed by atoms with E-state index in [1.165, 1.54) is 11.1 Å². The molecule has 0 spiro atoms. The van der Waals surface area contributed by atoms with E-state index in [-0.39, 0.29) is 0 Å². The van der Waals surface area contributed by atoms with Crippen LogP contribution in [0.4, 0.5) is 0 Å². The van der Waals surface area contributed by atoms with E-state index in [0.717, 1.165) is 43.0 Å². The van der Waals surface area contributed by atoms with Crippen LogP contribution < -0.4 is 10.7 Å². The van der Waals surface area contributed by atoms with Crippen molar-refractivity contribution in [3.05, 3.63) is 59.7 Å². The van der Waals surface area contributed by atoms with Crippen molar-refractivity contribution in [1.29, 1.82) is 0 Å². The summed E-state index contributed by atoms with van der Waals surface area (Å²) in [5.41, 5.74) is 8.58. The van der Waals surface area contributed by atoms with Gasteiger partial charge >= 0.3 is 0 Å². The summed E-state index contributed by atoms with van der Waals surface area (Å²) in [5, 5.41) is 8.23. The molecule has 2 aromatic carbocycles. The number of nitrogens with zero attached hydrogens (tertiary/aromatic N) is 1. The molecule has 4 nitrogen and oxygen atoms in total. The molecule has 0 radical (unpaired) electrons. The zero-order valence-corrected chi connectivity index (χ0v) is 14.5. The van der Waals surface area contributed by atoms with Crippen LogP contribution in [0.1, 0.15) is 24.5 Å². The predicted molar refractivity (Wildman–Crippen MR) is 102 cm³/mol. The minimum Gasteiger partial charge on any atom is -0.382 e. The lowest BCUT2D eigenvalue weighted by Gasteiger charge is -2.08. The average Bonchev–Trinajstić information content (AvgIpc) is 2.94. The second-order valence-corrected chi connectivity index (χ2v) is 5.88. The van der Waals surface area contributed by atoms with Crippen molar-refractivity contribution < 1.29 is 4.74 Å². The van der Waals surface area contributed by atoms with E-state index >= 15 is 0 Å². The summed E-state index contributed by atoms with van der Waals surface area (Å²) in [6, 6.07) is 16.6. The van der Waals surface area contributed by atoms with Crippen LogP contribution in [0, 0.1) is 0 Å². The highest BCUT2D eigenvalue weighted by Gasteiger charge is 2.23. The third-order valence-electron chi connectivity index (χ3n) is 3.88. The summed E-state index contributed by atoms with van der Waals surface area (Å²) in [6.45, 7) is 4.24. The molecule has 5 heteroatoms. The molecule has 0 saturated heterocycles. The van der Waals surface area contributed by atoms with Crippen LogP contribution in [0.3, 0.4) is 0 Å². The fourth-order valence-electron chi connectivity index (χ4n) is 2.78. The summed E-state index contributed by atoms with van der Waals surface area (Å²) < 4.78 is 5.30. The van der Waals surface area contributed by atoms with Gasteiger partial charge in [-0.15, -0.1) is 0 Å². The number of ether oxygens (including phenoxy) is 1. The highest BCUT2D eigenvalue weighted by molar-refractivity contribution is 7.80. The number of nitrogens with one attached hydrogen (secondary N) is 2. The lowest BCUT2D eigenvalue weighted by atomic mass is 10.1. The molecule has 0 saturated carbocycles. The molecule has 3 rings (SSSR count). The van der Waals surface area contributed by atoms with Gasteiger partial charge in [0.1, 0.15) is 0 Å². The predicted octanol–water partition coefficient (Wildman–Crippen LogP) is 3.31. The topological polar surface area (TPSA) is 45.6 Å². The lowest BCUT2D eigenvalue weighted by molar-refractivity contribution is 0.145. The zero-order chi connectivity index (χ0) is 16.8. The van der Waals surface area contributed by atoms with E-state index in [2.05, 4.69) is 52.2 Å². The van der Waals surface area contributed by atoms with E-state index in [0.29, 0.717) is 5.11 Å². The van der Waals surface area contributed by atoms with Crippen molar-refractivity contribution in [3.63, 3.8) is 0 Å². The summed E-state index contributed by atoms with van der Waals surface area (Å²) >= 11 is 5.29. The smallest absolute Gasteiger partial charge is 0.186 e. The van der Waals surface area contributed by atoms with E-state index in [4.69, 9.17) is 17.0 Å². The van der Waals surface area contributed by atoms with Crippen LogP contribution in [0.25, 0.3) is 11.1 Å². The molecule has 0 heterocycles. The molecule has 124 valence electrons. The normalized spacial score (nSPS) is 11.6. The van der Waals surface area contributed by atoms with Crippen LogP contribution in [0.5, 0.6) is 0 Å². The molecule has 1 aliphatic rings. The summed E-state index contributed by atoms with van der Waals surface area (Å²) in [5.74, 6) is 0. The molecule has 2 aromatic rings. The summed E-state index contributed by atoms with van der Waals surface area (Å²) in [4.78, 5) is 0. The monoisotopic (exact) mass is 339 g/mol. The molecular weight excluding hydrogens is 318 g/mol. The number of rotatable bonds is 6. The molecule has 0 fully saturated rings. The van der Waals surface area contributed by atoms with Gasteiger partial charge in [-0.05, 0) is 36.7 Å². The second kappa shape index (κ2) is 8.04. The van der Waals surface area contributed by atoms with Crippen molar-refractivity contribution in [2.45, 2.75) is 13.3 Å². The van der Waals surface area contributed by atoms with Gasteiger partial charge in [-0.1, -0.05) is 48.5 Å². The van der Waals surface area contributed by atoms with Gasteiger partial charge in [0, 0.05) is 30.9 Å². The molecule has 0 bridgehead atoms. The van der Waals surface area contributed by atoms with Gasteiger partial charge in [0.15, 0.2) is 5.11 Å². The largest absolute Gasteiger partial charge is 0.382 e. The van der Waals surface area contributed by atoms with Gasteiger partial charge in [-0.25, -0.2) is 0 Å². The van der Waals surface area contributed by atoms with Gasteiger partial charge in [0.2, 0.25) is 0 Å². The van der Waals surface area contributed by atoms with Gasteiger partial charge in [-0.2, -0.15) is 5.10 Å². The molecule has 0 aliphatic heterocycles. The Labute approximate surface area is 147 Å². The number of benzene rings is 2. The van der Waals surface area contributed by atoms with Crippen molar-refractivity contribution >= 4 is 23.0 Å². The first kappa shape index (κ1) is 16.6. The highest BCUT2D eigenvalue weighted by Crippen LogP contribution is 2.36. The summed E-state index contributed by atoms with van der Waals surface area (Å²) in [6.07, 6.45) is 0.915. The van der Waals surface area contributed by atoms with E-state index in [9.17, 15) is 0 Å². The summed E-state index contributed by atoms with van der Waals surface area (Å²) in [7, 11) is 0. The van der Waals surface area contributed by atoms with Crippen molar-refractivity contribution in [2.24, 2.45) is 5.10 Å². The van der Waals surface area contributed by atoms with Crippen LogP contribution >= 0.6 is 12.2 Å². The first-order chi connectivity index (χ1) is 11.8. The Hall–Kier alpha value is -2.24. The maximum Gasteiger partial charge on any atom is 0.186 e. The Morgan fingerprint density at radius 2 is 1.58 bits per heavy atom. The fraction of sp³-hybridized carbons (Fsp3) is 0.263. The van der Waals surface area contributed by atoms with E-state index in [1.807, 2.05) is 19.1 Å². The second-order valence-electron chi connectivity index (χ2n) is 5.47. The highest BCUT2D eigenvalue weighted by atomic mass is 32.1. The van der Waals surface area contributed by atoms with Crippen molar-refractivity contribution in [2.75, 3.05) is 19.8 Å². The SMILES string of the molecule is CCOCCCNC(=S)NN=C1c2ccccc2-c2ccccc21. The lowest BCUT2D eigenvalue weighted by Crippen LogP contribution is -2.33. The minimum absolute atomic E-state index is 0.529. The first-order valence-electron chi connectivity index (χ1n) is 8.19. The first-order valence-corrected chi connectivity index (χ1v) is 8.60. The Balaban J connectivity index is 1.68. The van der Waals surface area contributed by atoms with E-state index in [1.54, 1.807) is 0 Å². The minimum atomic E-state index is 0.529. The molecule has 0 amide bonds. The van der Waals surface area contributed by atoms with Gasteiger partial charge < -0.3 is 10.1 Å². The van der Waals surface area contributed by atoms with Crippen LogP contribution in [0.2, 0.25) is 0 Å². The molecule has 2 N–H and O–H groups in total. The van der Waals surface area contributed by atoms with Crippen LogP contribution in [-0.4, -0.2) is 30.6 Å². The third-order valence-corrected chi connectivity index (χ3v) is 4.11. The van der Waals surface area contributed by atoms with Gasteiger partial charge in [0.05, 0.1) is 5.71 Å². The van der Waals surface area contributed by atoms with Crippen LogP contribution in [0.15, 0.2) is 53.6 Å². The molecule has 0 aromatic heterocycles. The standard InChI is InChI=1S/C19H21N3OS/c1-2-23-13-7-12-20-19(24)22-21-18-16-10-5-3-8-14(16)15-9-4-6-11-17(15)18/h3-6,8-11H,2,7,12-13H2,1H3,(H2,20,22,24). The molecule has 1 aliphatic carbocycles. The third kappa shape index (κ3) is 3.63. The quantitative estimate of drug-likeness (QED) is 0.411. The Morgan fingerprint density at radius 1 is 1.00 bits per heavy atom. The van der Waals surface area contributed by atoms with Gasteiger partial charge in [-0.3, -0.25) is 5.43 Å². The maximum absolute atomic E-state index is 5.30. The Bertz CT molecular complexity index is 710. The average molecular weight is 339 g/mol. The fourth-order valence-corrected chi connectivity index (χ4v) is 2.93. The Morgan fingerprint density at radius 3 is 2.17 bits per heavy atom. The number of hydrogen-bond acceptors (Lipinski definition) is 3. The number of fused-ring (bicyclic) bond motifs is 3. The Kier molecular flexibility index (Phi) is 5.56. The van der Waals surface area contributed by atoms with Crippen LogP contribution in [-0.2, 0) is 4.74 Å². The number of hydrazone groups is 1. The van der Waals surface area contributed by atoms with Crippen molar-refractivity contribution in [3.8, 4) is 11.1 Å². The molecule has 0 unspecified atom stereocenters. The number of hydrogen-bond donors (Lipinski definition) is 2. The molecule has 24 heavy (non-hydrogen) atoms.